The minimum absolute atomic E-state index is 0.125. The number of rotatable bonds is 6. The fourth-order valence-electron chi connectivity index (χ4n) is 2.13. The smallest absolute Gasteiger partial charge is 0.262 e. The molecule has 7 heteroatoms. The van der Waals surface area contributed by atoms with Gasteiger partial charge in [-0.3, -0.25) is 9.59 Å². The van der Waals surface area contributed by atoms with Crippen LogP contribution in [0.3, 0.4) is 0 Å². The molecule has 0 saturated carbocycles. The van der Waals surface area contributed by atoms with Crippen molar-refractivity contribution >= 4 is 28.8 Å². The number of halogens is 1. The van der Waals surface area contributed by atoms with E-state index in [4.69, 9.17) is 4.74 Å². The zero-order valence-electron chi connectivity index (χ0n) is 13.6. The van der Waals surface area contributed by atoms with Crippen molar-refractivity contribution in [1.29, 1.82) is 0 Å². The molecule has 1 unspecified atom stereocenters. The second kappa shape index (κ2) is 7.92. The molecule has 0 bridgehead atoms. The summed E-state index contributed by atoms with van der Waals surface area (Å²) < 4.78 is 18.3. The number of methoxy groups -OCH3 is 1. The molecule has 5 nitrogen and oxygen atoms in total. The van der Waals surface area contributed by atoms with Crippen molar-refractivity contribution in [3.05, 3.63) is 46.4 Å². The van der Waals surface area contributed by atoms with Gasteiger partial charge in [-0.15, -0.1) is 11.3 Å². The number of benzene rings is 1. The van der Waals surface area contributed by atoms with Crippen molar-refractivity contribution < 1.29 is 18.7 Å². The van der Waals surface area contributed by atoms with Gasteiger partial charge in [0.05, 0.1) is 17.7 Å². The predicted octanol–water partition coefficient (Wildman–Crippen LogP) is 3.29. The summed E-state index contributed by atoms with van der Waals surface area (Å²) in [4.78, 5) is 25.3. The van der Waals surface area contributed by atoms with E-state index in [0.717, 1.165) is 0 Å². The van der Waals surface area contributed by atoms with E-state index in [9.17, 15) is 14.0 Å². The lowest BCUT2D eigenvalue weighted by atomic mass is 10.0. The third-order valence-corrected chi connectivity index (χ3v) is 4.27. The molecule has 0 saturated heterocycles. The second-order valence-electron chi connectivity index (χ2n) is 5.51. The Morgan fingerprint density at radius 2 is 2.00 bits per heavy atom. The van der Waals surface area contributed by atoms with Crippen LogP contribution in [0.15, 0.2) is 35.7 Å². The van der Waals surface area contributed by atoms with E-state index < -0.39 is 11.9 Å². The Bertz CT molecular complexity index is 717. The summed E-state index contributed by atoms with van der Waals surface area (Å²) in [5, 5.41) is 7.21. The number of amides is 2. The van der Waals surface area contributed by atoms with Gasteiger partial charge in [-0.05, 0) is 29.5 Å². The van der Waals surface area contributed by atoms with Gasteiger partial charge in [0.1, 0.15) is 17.6 Å². The minimum Gasteiger partial charge on any atom is -0.494 e. The monoisotopic (exact) mass is 350 g/mol. The van der Waals surface area contributed by atoms with Crippen molar-refractivity contribution in [2.45, 2.75) is 19.9 Å². The molecule has 0 aliphatic carbocycles. The first-order valence-corrected chi connectivity index (χ1v) is 8.29. The standard InChI is InChI=1S/C17H19FN2O3S/c1-10(2)15(20-16(21)14-5-4-8-24-14)17(22)19-12-7-6-11(18)9-13(12)23-3/h4-10,15H,1-3H3,(H,19,22)(H,20,21). The van der Waals surface area contributed by atoms with Crippen LogP contribution in [-0.2, 0) is 4.79 Å². The molecule has 128 valence electrons. The molecule has 0 fully saturated rings. The van der Waals surface area contributed by atoms with Crippen LogP contribution in [0, 0.1) is 11.7 Å². The molecule has 24 heavy (non-hydrogen) atoms. The predicted molar refractivity (Wildman–Crippen MR) is 92.0 cm³/mol. The fourth-order valence-corrected chi connectivity index (χ4v) is 2.76. The number of hydrogen-bond acceptors (Lipinski definition) is 4. The average Bonchev–Trinajstić information content (AvgIpc) is 3.08. The van der Waals surface area contributed by atoms with Crippen LogP contribution in [0.1, 0.15) is 23.5 Å². The molecule has 1 atom stereocenters. The van der Waals surface area contributed by atoms with Gasteiger partial charge in [0.25, 0.3) is 5.91 Å². The fraction of sp³-hybridized carbons (Fsp3) is 0.294. The van der Waals surface area contributed by atoms with E-state index >= 15 is 0 Å². The molecular weight excluding hydrogens is 331 g/mol. The van der Waals surface area contributed by atoms with Gasteiger partial charge in [0, 0.05) is 6.07 Å². The molecule has 2 amide bonds. The van der Waals surface area contributed by atoms with E-state index in [1.54, 1.807) is 17.5 Å². The molecule has 0 spiro atoms. The number of carbonyl (C=O) groups is 2. The van der Waals surface area contributed by atoms with Gasteiger partial charge < -0.3 is 15.4 Å². The molecule has 2 N–H and O–H groups in total. The quantitative estimate of drug-likeness (QED) is 0.840. The van der Waals surface area contributed by atoms with Gasteiger partial charge in [0.15, 0.2) is 0 Å². The number of ether oxygens (including phenoxy) is 1. The molecule has 2 rings (SSSR count). The van der Waals surface area contributed by atoms with Crippen molar-refractivity contribution in [3.8, 4) is 5.75 Å². The van der Waals surface area contributed by atoms with Gasteiger partial charge in [-0.2, -0.15) is 0 Å². The van der Waals surface area contributed by atoms with Crippen LogP contribution in [-0.4, -0.2) is 25.0 Å². The zero-order chi connectivity index (χ0) is 17.7. The van der Waals surface area contributed by atoms with E-state index in [1.807, 2.05) is 13.8 Å². The molecule has 1 heterocycles. The van der Waals surface area contributed by atoms with Gasteiger partial charge >= 0.3 is 0 Å². The highest BCUT2D eigenvalue weighted by molar-refractivity contribution is 7.12. The molecule has 0 aliphatic rings. The van der Waals surface area contributed by atoms with E-state index in [2.05, 4.69) is 10.6 Å². The van der Waals surface area contributed by atoms with Crippen molar-refractivity contribution in [2.75, 3.05) is 12.4 Å². The third kappa shape index (κ3) is 4.32. The normalized spacial score (nSPS) is 11.9. The lowest BCUT2D eigenvalue weighted by Gasteiger charge is -2.22. The topological polar surface area (TPSA) is 67.4 Å². The number of carbonyl (C=O) groups excluding carboxylic acids is 2. The average molecular weight is 350 g/mol. The SMILES string of the molecule is COc1cc(F)ccc1NC(=O)C(NC(=O)c1cccs1)C(C)C. The second-order valence-corrected chi connectivity index (χ2v) is 6.45. The maximum Gasteiger partial charge on any atom is 0.262 e. The van der Waals surface area contributed by atoms with Crippen molar-refractivity contribution in [1.82, 2.24) is 5.32 Å². The summed E-state index contributed by atoms with van der Waals surface area (Å²) in [6.45, 7) is 3.67. The Morgan fingerprint density at radius 1 is 1.25 bits per heavy atom. The molecule has 1 aromatic heterocycles. The summed E-state index contributed by atoms with van der Waals surface area (Å²) in [5.41, 5.74) is 0.347. The Balaban J connectivity index is 2.13. The first-order valence-electron chi connectivity index (χ1n) is 7.41. The van der Waals surface area contributed by atoms with Crippen LogP contribution in [0.4, 0.5) is 10.1 Å². The van der Waals surface area contributed by atoms with Crippen LogP contribution >= 0.6 is 11.3 Å². The lowest BCUT2D eigenvalue weighted by Crippen LogP contribution is -2.47. The highest BCUT2D eigenvalue weighted by atomic mass is 32.1. The van der Waals surface area contributed by atoms with Crippen molar-refractivity contribution in [2.24, 2.45) is 5.92 Å². The molecule has 1 aromatic carbocycles. The number of thiophene rings is 1. The third-order valence-electron chi connectivity index (χ3n) is 3.40. The Labute approximate surface area is 143 Å². The highest BCUT2D eigenvalue weighted by Crippen LogP contribution is 2.25. The first-order chi connectivity index (χ1) is 11.4. The molecule has 0 radical (unpaired) electrons. The maximum atomic E-state index is 13.2. The lowest BCUT2D eigenvalue weighted by molar-refractivity contribution is -0.118. The maximum absolute atomic E-state index is 13.2. The first kappa shape index (κ1) is 17.9. The molecule has 0 aliphatic heterocycles. The minimum atomic E-state index is -0.727. The zero-order valence-corrected chi connectivity index (χ0v) is 14.4. The van der Waals surface area contributed by atoms with E-state index in [-0.39, 0.29) is 23.5 Å². The summed E-state index contributed by atoms with van der Waals surface area (Å²) in [7, 11) is 1.39. The van der Waals surface area contributed by atoms with Crippen molar-refractivity contribution in [3.63, 3.8) is 0 Å². The summed E-state index contributed by atoms with van der Waals surface area (Å²) >= 11 is 1.30. The number of anilines is 1. The number of hydrogen-bond donors (Lipinski definition) is 2. The Morgan fingerprint density at radius 3 is 2.58 bits per heavy atom. The van der Waals surface area contributed by atoms with Crippen LogP contribution in [0.2, 0.25) is 0 Å². The van der Waals surface area contributed by atoms with Gasteiger partial charge in [0.2, 0.25) is 5.91 Å². The summed E-state index contributed by atoms with van der Waals surface area (Å²) in [6.07, 6.45) is 0. The number of nitrogens with one attached hydrogen (secondary N) is 2. The largest absolute Gasteiger partial charge is 0.494 e. The Kier molecular flexibility index (Phi) is 5.92. The van der Waals surface area contributed by atoms with Crippen LogP contribution < -0.4 is 15.4 Å². The van der Waals surface area contributed by atoms with E-state index in [1.165, 1.54) is 36.6 Å². The van der Waals surface area contributed by atoms with Crippen LogP contribution in [0.25, 0.3) is 0 Å². The highest BCUT2D eigenvalue weighted by Gasteiger charge is 2.25. The van der Waals surface area contributed by atoms with E-state index in [0.29, 0.717) is 10.6 Å². The van der Waals surface area contributed by atoms with Gasteiger partial charge in [-0.25, -0.2) is 4.39 Å². The summed E-state index contributed by atoms with van der Waals surface area (Å²) in [5.74, 6) is -1.06. The Hall–Kier alpha value is -2.41. The molecular formula is C17H19FN2O3S. The van der Waals surface area contributed by atoms with Gasteiger partial charge in [-0.1, -0.05) is 19.9 Å². The van der Waals surface area contributed by atoms with Crippen LogP contribution in [0.5, 0.6) is 5.75 Å². The molecule has 2 aromatic rings. The summed E-state index contributed by atoms with van der Waals surface area (Å²) in [6, 6.07) is 6.57.